The molecule has 0 unspecified atom stereocenters. The lowest BCUT2D eigenvalue weighted by molar-refractivity contribution is -0.122. The number of alkyl halides is 2. The van der Waals surface area contributed by atoms with Crippen LogP contribution >= 0.6 is 11.6 Å². The summed E-state index contributed by atoms with van der Waals surface area (Å²) in [6, 6.07) is 8.89. The first-order chi connectivity index (χ1) is 20.0. The molecule has 2 saturated heterocycles. The Balaban J connectivity index is 1.49. The van der Waals surface area contributed by atoms with Gasteiger partial charge in [-0.3, -0.25) is 9.59 Å². The van der Waals surface area contributed by atoms with Crippen LogP contribution in [0.5, 0.6) is 5.75 Å². The number of benzene rings is 1. The summed E-state index contributed by atoms with van der Waals surface area (Å²) in [4.78, 5) is 31.1. The van der Waals surface area contributed by atoms with Gasteiger partial charge in [0.2, 0.25) is 0 Å². The van der Waals surface area contributed by atoms with Gasteiger partial charge in [0, 0.05) is 49.6 Å². The number of pyridine rings is 2. The Morgan fingerprint density at radius 3 is 2.71 bits per heavy atom. The van der Waals surface area contributed by atoms with E-state index in [2.05, 4.69) is 15.6 Å². The van der Waals surface area contributed by atoms with Crippen molar-refractivity contribution in [1.29, 1.82) is 5.26 Å². The minimum Gasteiger partial charge on any atom is -0.478 e. The highest BCUT2D eigenvalue weighted by molar-refractivity contribution is 6.33. The van der Waals surface area contributed by atoms with Crippen LogP contribution in [-0.4, -0.2) is 67.4 Å². The summed E-state index contributed by atoms with van der Waals surface area (Å²) in [5.74, 6) is -3.88. The van der Waals surface area contributed by atoms with Crippen molar-refractivity contribution in [1.82, 2.24) is 14.9 Å². The summed E-state index contributed by atoms with van der Waals surface area (Å²) >= 11 is 6.47. The second-order valence-corrected chi connectivity index (χ2v) is 11.0. The summed E-state index contributed by atoms with van der Waals surface area (Å²) in [6.45, 7) is 2.37. The number of hydrogen-bond acceptors (Lipinski definition) is 9. The molecule has 0 aliphatic carbocycles. The minimum absolute atomic E-state index is 0.0210. The molecule has 11 nitrogen and oxygen atoms in total. The van der Waals surface area contributed by atoms with Crippen molar-refractivity contribution in [3.63, 3.8) is 0 Å². The molecule has 4 heterocycles. The molecule has 0 bridgehead atoms. The fourth-order valence-electron chi connectivity index (χ4n) is 5.04. The van der Waals surface area contributed by atoms with Crippen LogP contribution in [0, 0.1) is 23.2 Å². The van der Waals surface area contributed by atoms with Crippen molar-refractivity contribution in [3.05, 3.63) is 51.3 Å². The number of carbonyl (C=O) groups excluding carboxylic acids is 1. The lowest BCUT2D eigenvalue weighted by Crippen LogP contribution is -2.60. The van der Waals surface area contributed by atoms with Gasteiger partial charge >= 0.3 is 0 Å². The zero-order valence-electron chi connectivity index (χ0n) is 23.0. The van der Waals surface area contributed by atoms with Gasteiger partial charge in [-0.25, -0.2) is 13.8 Å². The summed E-state index contributed by atoms with van der Waals surface area (Å²) in [6.07, 6.45) is 0. The average molecular weight is 602 g/mol. The Bertz CT molecular complexity index is 1610. The molecule has 14 heteroatoms. The first-order valence-corrected chi connectivity index (χ1v) is 13.7. The molecular formula is C28H30ClF2N7O4. The second-order valence-electron chi connectivity index (χ2n) is 10.6. The van der Waals surface area contributed by atoms with Gasteiger partial charge in [0.05, 0.1) is 35.4 Å². The van der Waals surface area contributed by atoms with Gasteiger partial charge in [-0.1, -0.05) is 18.5 Å². The fraction of sp³-hybridized carbons (Fsp3) is 0.429. The lowest BCUT2D eigenvalue weighted by Gasteiger charge is -2.41. The van der Waals surface area contributed by atoms with Gasteiger partial charge in [0.15, 0.2) is 18.2 Å². The van der Waals surface area contributed by atoms with Crippen molar-refractivity contribution in [3.8, 4) is 11.8 Å². The van der Waals surface area contributed by atoms with E-state index in [-0.39, 0.29) is 65.1 Å². The monoisotopic (exact) mass is 601 g/mol. The highest BCUT2D eigenvalue weighted by Crippen LogP contribution is 2.37. The van der Waals surface area contributed by atoms with E-state index in [0.29, 0.717) is 36.3 Å². The predicted octanol–water partition coefficient (Wildman–Crippen LogP) is 2.86. The Labute approximate surface area is 245 Å². The number of hydrogen-bond donors (Lipinski definition) is 3. The van der Waals surface area contributed by atoms with Gasteiger partial charge in [-0.15, -0.1) is 0 Å². The number of nitriles is 1. The lowest BCUT2D eigenvalue weighted by atomic mass is 9.91. The van der Waals surface area contributed by atoms with Crippen molar-refractivity contribution >= 4 is 45.7 Å². The quantitative estimate of drug-likeness (QED) is 0.354. The van der Waals surface area contributed by atoms with Gasteiger partial charge in [0.1, 0.15) is 11.9 Å². The van der Waals surface area contributed by atoms with Crippen LogP contribution in [-0.2, 0) is 16.1 Å². The van der Waals surface area contributed by atoms with E-state index < -0.39 is 17.9 Å². The van der Waals surface area contributed by atoms with E-state index in [1.165, 1.54) is 20.0 Å². The molecule has 1 aromatic carbocycles. The molecule has 3 aromatic rings. The van der Waals surface area contributed by atoms with Crippen LogP contribution in [0.2, 0.25) is 5.02 Å². The molecule has 5 rings (SSSR count). The molecule has 2 fully saturated rings. The number of piperidine rings is 1. The van der Waals surface area contributed by atoms with Crippen molar-refractivity contribution in [2.45, 2.75) is 25.4 Å². The van der Waals surface area contributed by atoms with E-state index in [1.807, 2.05) is 6.07 Å². The van der Waals surface area contributed by atoms with Crippen LogP contribution in [0.15, 0.2) is 35.1 Å². The number of carbonyl (C=O) groups is 1. The number of nitrogens with one attached hydrogen (secondary N) is 2. The molecule has 0 radical (unpaired) electrons. The molecule has 222 valence electrons. The first-order valence-electron chi connectivity index (χ1n) is 13.4. The maximum Gasteiger partial charge on any atom is 0.293 e. The highest BCUT2D eigenvalue weighted by Gasteiger charge is 2.48. The number of rotatable bonds is 8. The molecule has 0 saturated carbocycles. The normalized spacial score (nSPS) is 20.1. The van der Waals surface area contributed by atoms with Crippen molar-refractivity contribution in [2.75, 3.05) is 50.2 Å². The standard InChI is InChI=1S/C28H30ClF2N7O4/c1-15-9-37(11-23(33)28(15,30)31)26-18(8-32)6-20(29)25(36-26)35-19-3-4-21-17(5-19)7-22(42-14-24(39)34-2)27(40)38(21)10-16-12-41-13-16/h3-7,15-16,23H,9-14,33H2,1-2H3,(H,34,39)(H,35,36)/t15-,23+/m0/s1. The second kappa shape index (κ2) is 11.7. The van der Waals surface area contributed by atoms with Gasteiger partial charge in [0.25, 0.3) is 17.4 Å². The third-order valence-electron chi connectivity index (χ3n) is 7.55. The first kappa shape index (κ1) is 29.5. The Morgan fingerprint density at radius 2 is 2.07 bits per heavy atom. The van der Waals surface area contributed by atoms with Crippen LogP contribution in [0.4, 0.5) is 26.1 Å². The number of aromatic nitrogens is 2. The van der Waals surface area contributed by atoms with E-state index in [4.69, 9.17) is 26.8 Å². The largest absolute Gasteiger partial charge is 0.478 e. The summed E-state index contributed by atoms with van der Waals surface area (Å²) in [7, 11) is 1.47. The molecule has 2 aliphatic rings. The average Bonchev–Trinajstić information content (AvgIpc) is 2.94. The molecule has 42 heavy (non-hydrogen) atoms. The number of halogens is 3. The number of amides is 1. The van der Waals surface area contributed by atoms with Crippen LogP contribution in [0.1, 0.15) is 12.5 Å². The summed E-state index contributed by atoms with van der Waals surface area (Å²) in [5.41, 5.74) is 6.76. The number of nitrogens with zero attached hydrogens (tertiary/aromatic N) is 4. The van der Waals surface area contributed by atoms with Gasteiger partial charge < -0.3 is 35.3 Å². The minimum atomic E-state index is -3.04. The SMILES string of the molecule is CNC(=O)COc1cc2cc(Nc3nc(N4C[C@@H](N)C(F)(F)[C@@H](C)C4)c(C#N)cc3Cl)ccc2n(CC2COC2)c1=O. The van der Waals surface area contributed by atoms with Gasteiger partial charge in [-0.2, -0.15) is 5.26 Å². The number of nitrogens with two attached hydrogens (primary N) is 1. The van der Waals surface area contributed by atoms with E-state index >= 15 is 0 Å². The fourth-order valence-corrected chi connectivity index (χ4v) is 5.24. The molecule has 1 amide bonds. The van der Waals surface area contributed by atoms with Gasteiger partial charge in [-0.05, 0) is 30.3 Å². The summed E-state index contributed by atoms with van der Waals surface area (Å²) < 4.78 is 41.2. The zero-order chi connectivity index (χ0) is 30.2. The smallest absolute Gasteiger partial charge is 0.293 e. The number of anilines is 3. The van der Waals surface area contributed by atoms with Crippen molar-refractivity contribution in [2.24, 2.45) is 17.6 Å². The van der Waals surface area contributed by atoms with Crippen LogP contribution < -0.4 is 31.6 Å². The third kappa shape index (κ3) is 5.70. The van der Waals surface area contributed by atoms with E-state index in [1.54, 1.807) is 33.7 Å². The molecule has 2 aromatic heterocycles. The molecule has 4 N–H and O–H groups in total. The number of ether oxygens (including phenoxy) is 2. The Kier molecular flexibility index (Phi) is 8.23. The predicted molar refractivity (Wildman–Crippen MR) is 154 cm³/mol. The Hall–Kier alpha value is -3.99. The maximum atomic E-state index is 14.4. The molecular weight excluding hydrogens is 572 g/mol. The van der Waals surface area contributed by atoms with Crippen LogP contribution in [0.3, 0.4) is 0 Å². The van der Waals surface area contributed by atoms with Crippen molar-refractivity contribution < 1.29 is 23.0 Å². The topological polar surface area (TPSA) is 148 Å². The summed E-state index contributed by atoms with van der Waals surface area (Å²) in [5, 5.41) is 16.1. The van der Waals surface area contributed by atoms with E-state index in [9.17, 15) is 23.6 Å². The van der Waals surface area contributed by atoms with E-state index in [0.717, 1.165) is 0 Å². The number of likely N-dealkylation sites (N-methyl/N-ethyl adjacent to an activating group) is 1. The molecule has 2 aliphatic heterocycles. The Morgan fingerprint density at radius 1 is 1.31 bits per heavy atom. The number of fused-ring (bicyclic) bond motifs is 1. The van der Waals surface area contributed by atoms with Crippen LogP contribution in [0.25, 0.3) is 10.9 Å². The highest BCUT2D eigenvalue weighted by atomic mass is 35.5. The molecule has 2 atom stereocenters. The third-order valence-corrected chi connectivity index (χ3v) is 7.84. The molecule has 0 spiro atoms. The zero-order valence-corrected chi connectivity index (χ0v) is 23.8. The maximum absolute atomic E-state index is 14.4.